The quantitative estimate of drug-likeness (QED) is 0.618. The fourth-order valence-electron chi connectivity index (χ4n) is 2.48. The standard InChI is InChI=1S/C21H19F2N3O2/c1-13(2)28-20-6-4-3-5-18(20)25-15-9-10-24-19(12-15)21(27)26-14-7-8-16(22)17(23)11-14/h3-13H,1-2H3,(H,24,25)(H,26,27). The molecule has 0 spiro atoms. The Labute approximate surface area is 161 Å². The summed E-state index contributed by atoms with van der Waals surface area (Å²) < 4.78 is 32.1. The molecule has 5 nitrogen and oxygen atoms in total. The van der Waals surface area contributed by atoms with E-state index in [-0.39, 0.29) is 17.5 Å². The molecule has 0 fully saturated rings. The number of rotatable bonds is 6. The van der Waals surface area contributed by atoms with Crippen LogP contribution >= 0.6 is 0 Å². The zero-order valence-electron chi connectivity index (χ0n) is 15.4. The molecule has 144 valence electrons. The van der Waals surface area contributed by atoms with Crippen LogP contribution in [-0.2, 0) is 0 Å². The molecule has 1 amide bonds. The SMILES string of the molecule is CC(C)Oc1ccccc1Nc1ccnc(C(=O)Nc2ccc(F)c(F)c2)c1. The molecule has 0 aliphatic heterocycles. The number of hydrogen-bond donors (Lipinski definition) is 2. The van der Waals surface area contributed by atoms with Crippen LogP contribution in [0.15, 0.2) is 60.8 Å². The number of ether oxygens (including phenoxy) is 1. The number of anilines is 3. The first kappa shape index (κ1) is 19.3. The minimum absolute atomic E-state index is 0.0119. The highest BCUT2D eigenvalue weighted by molar-refractivity contribution is 6.03. The van der Waals surface area contributed by atoms with Crippen molar-refractivity contribution in [3.05, 3.63) is 78.1 Å². The van der Waals surface area contributed by atoms with Crippen LogP contribution in [0.2, 0.25) is 0 Å². The minimum Gasteiger partial charge on any atom is -0.489 e. The molecule has 3 aromatic rings. The number of benzene rings is 2. The summed E-state index contributed by atoms with van der Waals surface area (Å²) in [6.07, 6.45) is 1.49. The summed E-state index contributed by atoms with van der Waals surface area (Å²) in [5.74, 6) is -1.88. The van der Waals surface area contributed by atoms with Gasteiger partial charge in [-0.1, -0.05) is 12.1 Å². The molecule has 0 radical (unpaired) electrons. The van der Waals surface area contributed by atoms with Gasteiger partial charge in [0.2, 0.25) is 0 Å². The molecule has 7 heteroatoms. The normalized spacial score (nSPS) is 10.6. The summed E-state index contributed by atoms with van der Waals surface area (Å²) in [6.45, 7) is 3.87. The van der Waals surface area contributed by atoms with Crippen molar-refractivity contribution in [2.24, 2.45) is 0 Å². The van der Waals surface area contributed by atoms with Crippen molar-refractivity contribution in [2.75, 3.05) is 10.6 Å². The molecule has 0 bridgehead atoms. The summed E-state index contributed by atoms with van der Waals surface area (Å²) in [5.41, 5.74) is 1.64. The number of aromatic nitrogens is 1. The van der Waals surface area contributed by atoms with Gasteiger partial charge in [0.25, 0.3) is 5.91 Å². The predicted molar refractivity (Wildman–Crippen MR) is 104 cm³/mol. The highest BCUT2D eigenvalue weighted by Gasteiger charge is 2.12. The van der Waals surface area contributed by atoms with E-state index in [2.05, 4.69) is 15.6 Å². The number of nitrogens with zero attached hydrogens (tertiary/aromatic N) is 1. The first-order valence-electron chi connectivity index (χ1n) is 8.67. The number of pyridine rings is 1. The third-order valence-corrected chi connectivity index (χ3v) is 3.70. The van der Waals surface area contributed by atoms with Gasteiger partial charge in [0.05, 0.1) is 11.8 Å². The number of para-hydroxylation sites is 2. The lowest BCUT2D eigenvalue weighted by molar-refractivity contribution is 0.102. The second-order valence-electron chi connectivity index (χ2n) is 6.30. The molecule has 0 saturated heterocycles. The summed E-state index contributed by atoms with van der Waals surface area (Å²) in [4.78, 5) is 16.4. The van der Waals surface area contributed by atoms with Gasteiger partial charge in [0, 0.05) is 23.6 Å². The number of carbonyl (C=O) groups excluding carboxylic acids is 1. The van der Waals surface area contributed by atoms with Crippen LogP contribution in [0.3, 0.4) is 0 Å². The molecule has 3 rings (SSSR count). The molecular formula is C21H19F2N3O2. The highest BCUT2D eigenvalue weighted by Crippen LogP contribution is 2.28. The lowest BCUT2D eigenvalue weighted by atomic mass is 10.2. The van der Waals surface area contributed by atoms with E-state index in [1.165, 1.54) is 12.3 Å². The highest BCUT2D eigenvalue weighted by atomic mass is 19.2. The summed E-state index contributed by atoms with van der Waals surface area (Å²) >= 11 is 0. The van der Waals surface area contributed by atoms with E-state index in [4.69, 9.17) is 4.74 Å². The predicted octanol–water partition coefficient (Wildman–Crippen LogP) is 5.14. The molecule has 1 aromatic heterocycles. The van der Waals surface area contributed by atoms with Crippen LogP contribution in [0.25, 0.3) is 0 Å². The van der Waals surface area contributed by atoms with Gasteiger partial charge >= 0.3 is 0 Å². The van der Waals surface area contributed by atoms with Crippen molar-refractivity contribution in [3.63, 3.8) is 0 Å². The Bertz CT molecular complexity index is 993. The summed E-state index contributed by atoms with van der Waals surface area (Å²) in [5, 5.41) is 5.69. The van der Waals surface area contributed by atoms with E-state index in [1.54, 1.807) is 12.1 Å². The van der Waals surface area contributed by atoms with E-state index in [1.807, 2.05) is 38.1 Å². The van der Waals surface area contributed by atoms with Crippen molar-refractivity contribution in [2.45, 2.75) is 20.0 Å². The third-order valence-electron chi connectivity index (χ3n) is 3.70. The van der Waals surface area contributed by atoms with Gasteiger partial charge in [0.15, 0.2) is 11.6 Å². The molecule has 0 atom stereocenters. The Hall–Kier alpha value is -3.48. The molecular weight excluding hydrogens is 364 g/mol. The molecule has 0 aliphatic carbocycles. The Morgan fingerprint density at radius 1 is 1.00 bits per heavy atom. The van der Waals surface area contributed by atoms with E-state index in [0.29, 0.717) is 11.4 Å². The maximum absolute atomic E-state index is 13.3. The van der Waals surface area contributed by atoms with Gasteiger partial charge in [-0.3, -0.25) is 9.78 Å². The van der Waals surface area contributed by atoms with Gasteiger partial charge in [-0.25, -0.2) is 8.78 Å². The van der Waals surface area contributed by atoms with E-state index in [9.17, 15) is 13.6 Å². The van der Waals surface area contributed by atoms with Crippen molar-refractivity contribution in [3.8, 4) is 5.75 Å². The molecule has 2 aromatic carbocycles. The number of amides is 1. The average molecular weight is 383 g/mol. The lowest BCUT2D eigenvalue weighted by Crippen LogP contribution is -2.14. The van der Waals surface area contributed by atoms with Crippen molar-refractivity contribution < 1.29 is 18.3 Å². The smallest absolute Gasteiger partial charge is 0.274 e. The van der Waals surface area contributed by atoms with E-state index < -0.39 is 17.5 Å². The van der Waals surface area contributed by atoms with Crippen LogP contribution in [0.5, 0.6) is 5.75 Å². The van der Waals surface area contributed by atoms with Crippen LogP contribution in [0, 0.1) is 11.6 Å². The van der Waals surface area contributed by atoms with Gasteiger partial charge < -0.3 is 15.4 Å². The van der Waals surface area contributed by atoms with E-state index >= 15 is 0 Å². The van der Waals surface area contributed by atoms with Crippen molar-refractivity contribution in [1.29, 1.82) is 0 Å². The maximum atomic E-state index is 13.3. The largest absolute Gasteiger partial charge is 0.489 e. The Balaban J connectivity index is 1.77. The Kier molecular flexibility index (Phi) is 5.84. The zero-order chi connectivity index (χ0) is 20.1. The van der Waals surface area contributed by atoms with Gasteiger partial charge in [0.1, 0.15) is 11.4 Å². The Morgan fingerprint density at radius 2 is 1.79 bits per heavy atom. The van der Waals surface area contributed by atoms with Crippen LogP contribution in [-0.4, -0.2) is 17.0 Å². The Morgan fingerprint density at radius 3 is 2.54 bits per heavy atom. The lowest BCUT2D eigenvalue weighted by Gasteiger charge is -2.15. The summed E-state index contributed by atoms with van der Waals surface area (Å²) in [6, 6.07) is 13.8. The molecule has 2 N–H and O–H groups in total. The number of carbonyl (C=O) groups is 1. The summed E-state index contributed by atoms with van der Waals surface area (Å²) in [7, 11) is 0. The number of halogens is 2. The van der Waals surface area contributed by atoms with Gasteiger partial charge in [-0.15, -0.1) is 0 Å². The fourth-order valence-corrected chi connectivity index (χ4v) is 2.48. The molecule has 0 unspecified atom stereocenters. The second-order valence-corrected chi connectivity index (χ2v) is 6.30. The third kappa shape index (κ3) is 4.82. The monoisotopic (exact) mass is 383 g/mol. The molecule has 0 aliphatic rings. The molecule has 1 heterocycles. The van der Waals surface area contributed by atoms with Crippen molar-refractivity contribution >= 4 is 23.0 Å². The maximum Gasteiger partial charge on any atom is 0.274 e. The van der Waals surface area contributed by atoms with E-state index in [0.717, 1.165) is 17.8 Å². The van der Waals surface area contributed by atoms with Crippen LogP contribution in [0.4, 0.5) is 25.8 Å². The first-order chi connectivity index (χ1) is 13.4. The minimum atomic E-state index is -1.04. The first-order valence-corrected chi connectivity index (χ1v) is 8.67. The van der Waals surface area contributed by atoms with Crippen molar-refractivity contribution in [1.82, 2.24) is 4.98 Å². The average Bonchev–Trinajstić information content (AvgIpc) is 2.66. The zero-order valence-corrected chi connectivity index (χ0v) is 15.4. The number of hydrogen-bond acceptors (Lipinski definition) is 4. The van der Waals surface area contributed by atoms with Crippen LogP contribution in [0.1, 0.15) is 24.3 Å². The fraction of sp³-hybridized carbons (Fsp3) is 0.143. The van der Waals surface area contributed by atoms with Gasteiger partial charge in [-0.2, -0.15) is 0 Å². The molecule has 28 heavy (non-hydrogen) atoms. The molecule has 0 saturated carbocycles. The van der Waals surface area contributed by atoms with Crippen LogP contribution < -0.4 is 15.4 Å². The number of nitrogens with one attached hydrogen (secondary N) is 2. The van der Waals surface area contributed by atoms with Gasteiger partial charge in [-0.05, 0) is 50.2 Å². The topological polar surface area (TPSA) is 63.2 Å². The second kappa shape index (κ2) is 8.47.